The van der Waals surface area contributed by atoms with E-state index in [0.29, 0.717) is 49.5 Å². The van der Waals surface area contributed by atoms with Gasteiger partial charge in [-0.15, -0.1) is 0 Å². The van der Waals surface area contributed by atoms with Crippen LogP contribution >= 0.6 is 0 Å². The van der Waals surface area contributed by atoms with E-state index >= 15 is 0 Å². The lowest BCUT2D eigenvalue weighted by Crippen LogP contribution is -2.27. The quantitative estimate of drug-likeness (QED) is 0.388. The lowest BCUT2D eigenvalue weighted by molar-refractivity contribution is -0.140. The minimum atomic E-state index is -0.223. The topological polar surface area (TPSA) is 74.7 Å². The highest BCUT2D eigenvalue weighted by atomic mass is 16.5. The number of carbonyl (C=O) groups is 2. The number of Topliss-reactive ketones (excluding diaryl/α,β-unsaturated/α-hetero) is 1. The first-order chi connectivity index (χ1) is 15.1. The zero-order chi connectivity index (χ0) is 21.6. The van der Waals surface area contributed by atoms with Crippen molar-refractivity contribution in [3.8, 4) is 11.5 Å². The summed E-state index contributed by atoms with van der Waals surface area (Å²) in [5.41, 5.74) is 2.29. The molecular formula is C25H25NO5. The van der Waals surface area contributed by atoms with Gasteiger partial charge in [-0.3, -0.25) is 9.59 Å². The highest BCUT2D eigenvalue weighted by Gasteiger charge is 2.29. The van der Waals surface area contributed by atoms with E-state index in [1.165, 1.54) is 7.11 Å². The third kappa shape index (κ3) is 5.02. The summed E-state index contributed by atoms with van der Waals surface area (Å²) in [5.74, 6) is 0.833. The molecule has 1 unspecified atom stereocenters. The van der Waals surface area contributed by atoms with Crippen LogP contribution in [0, 0.1) is 5.92 Å². The second kappa shape index (κ2) is 9.60. The van der Waals surface area contributed by atoms with Gasteiger partial charge >= 0.3 is 5.97 Å². The number of benzene rings is 2. The molecule has 0 saturated carbocycles. The molecule has 2 aromatic carbocycles. The Morgan fingerprint density at radius 3 is 2.87 bits per heavy atom. The van der Waals surface area contributed by atoms with E-state index in [1.807, 2.05) is 42.5 Å². The molecule has 6 heteroatoms. The fourth-order valence-electron chi connectivity index (χ4n) is 3.73. The average molecular weight is 419 g/mol. The van der Waals surface area contributed by atoms with Crippen molar-refractivity contribution in [1.29, 1.82) is 0 Å². The Morgan fingerprint density at radius 1 is 1.13 bits per heavy atom. The Morgan fingerprint density at radius 2 is 2.00 bits per heavy atom. The van der Waals surface area contributed by atoms with Crippen molar-refractivity contribution in [3.63, 3.8) is 0 Å². The molecule has 31 heavy (non-hydrogen) atoms. The molecule has 0 saturated heterocycles. The number of para-hydroxylation sites is 1. The van der Waals surface area contributed by atoms with Crippen LogP contribution in [0.5, 0.6) is 11.5 Å². The van der Waals surface area contributed by atoms with Crippen molar-refractivity contribution >= 4 is 22.7 Å². The third-order valence-electron chi connectivity index (χ3n) is 5.48. The molecule has 0 radical (unpaired) electrons. The molecule has 1 aliphatic rings. The van der Waals surface area contributed by atoms with Gasteiger partial charge in [0.2, 0.25) is 0 Å². The molecule has 0 N–H and O–H groups in total. The van der Waals surface area contributed by atoms with Crippen LogP contribution < -0.4 is 9.47 Å². The fraction of sp³-hybridized carbons (Fsp3) is 0.320. The normalized spacial score (nSPS) is 15.3. The maximum Gasteiger partial charge on any atom is 0.305 e. The van der Waals surface area contributed by atoms with Crippen LogP contribution in [-0.4, -0.2) is 30.5 Å². The van der Waals surface area contributed by atoms with E-state index in [4.69, 9.17) is 9.47 Å². The van der Waals surface area contributed by atoms with Gasteiger partial charge in [-0.25, -0.2) is 4.98 Å². The number of aromatic nitrogens is 1. The monoisotopic (exact) mass is 419 g/mol. The highest BCUT2D eigenvalue weighted by molar-refractivity contribution is 6.01. The van der Waals surface area contributed by atoms with Crippen molar-refractivity contribution in [2.45, 2.75) is 32.3 Å². The molecule has 0 fully saturated rings. The molecule has 1 atom stereocenters. The minimum absolute atomic E-state index is 0.0635. The molecule has 0 amide bonds. The number of unbranched alkanes of at least 4 members (excludes halogenated alkanes) is 1. The van der Waals surface area contributed by atoms with Gasteiger partial charge < -0.3 is 14.2 Å². The summed E-state index contributed by atoms with van der Waals surface area (Å²) in [7, 11) is 1.38. The molecule has 0 spiro atoms. The Hall–Kier alpha value is -3.41. The smallest absolute Gasteiger partial charge is 0.305 e. The van der Waals surface area contributed by atoms with Crippen LogP contribution in [0.1, 0.15) is 41.7 Å². The van der Waals surface area contributed by atoms with Gasteiger partial charge in [0.25, 0.3) is 0 Å². The number of carbonyl (C=O) groups excluding carboxylic acids is 2. The first kappa shape index (κ1) is 20.8. The first-order valence-electron chi connectivity index (χ1n) is 10.5. The number of ketones is 1. The lowest BCUT2D eigenvalue weighted by atomic mass is 9.90. The van der Waals surface area contributed by atoms with Gasteiger partial charge in [0.15, 0.2) is 5.78 Å². The molecule has 3 aromatic rings. The predicted octanol–water partition coefficient (Wildman–Crippen LogP) is 4.74. The van der Waals surface area contributed by atoms with Crippen molar-refractivity contribution in [1.82, 2.24) is 4.98 Å². The van der Waals surface area contributed by atoms with Gasteiger partial charge in [0, 0.05) is 11.8 Å². The number of hydrogen-bond acceptors (Lipinski definition) is 6. The van der Waals surface area contributed by atoms with E-state index in [9.17, 15) is 9.59 Å². The minimum Gasteiger partial charge on any atom is -0.492 e. The highest BCUT2D eigenvalue weighted by Crippen LogP contribution is 2.32. The Bertz CT molecular complexity index is 1090. The first-order valence-corrected chi connectivity index (χ1v) is 10.5. The predicted molar refractivity (Wildman–Crippen MR) is 116 cm³/mol. The zero-order valence-electron chi connectivity index (χ0n) is 17.5. The number of esters is 1. The van der Waals surface area contributed by atoms with E-state index in [0.717, 1.165) is 23.0 Å². The van der Waals surface area contributed by atoms with Crippen LogP contribution in [0.3, 0.4) is 0 Å². The number of rotatable bonds is 8. The van der Waals surface area contributed by atoms with Crippen LogP contribution in [0.25, 0.3) is 10.9 Å². The zero-order valence-corrected chi connectivity index (χ0v) is 17.5. The molecule has 1 aromatic heterocycles. The van der Waals surface area contributed by atoms with E-state index in [2.05, 4.69) is 9.72 Å². The maximum absolute atomic E-state index is 12.9. The average Bonchev–Trinajstić information content (AvgIpc) is 2.81. The van der Waals surface area contributed by atoms with Crippen LogP contribution in [0.15, 0.2) is 54.6 Å². The van der Waals surface area contributed by atoms with Gasteiger partial charge in [-0.05, 0) is 43.2 Å². The van der Waals surface area contributed by atoms with E-state index in [-0.39, 0.29) is 17.7 Å². The number of methoxy groups -OCH3 is 1. The van der Waals surface area contributed by atoms with Gasteiger partial charge in [-0.2, -0.15) is 0 Å². The molecule has 4 rings (SSSR count). The summed E-state index contributed by atoms with van der Waals surface area (Å²) < 4.78 is 16.3. The molecule has 1 aliphatic heterocycles. The summed E-state index contributed by atoms with van der Waals surface area (Å²) in [6, 6.07) is 17.2. The second-order valence-corrected chi connectivity index (χ2v) is 7.64. The van der Waals surface area contributed by atoms with Gasteiger partial charge in [-0.1, -0.05) is 30.7 Å². The van der Waals surface area contributed by atoms with Crippen LogP contribution in [0.2, 0.25) is 0 Å². The Kier molecular flexibility index (Phi) is 6.46. The molecule has 160 valence electrons. The number of pyridine rings is 1. The largest absolute Gasteiger partial charge is 0.492 e. The van der Waals surface area contributed by atoms with Crippen LogP contribution in [0.4, 0.5) is 0 Å². The number of fused-ring (bicyclic) bond motifs is 2. The lowest BCUT2D eigenvalue weighted by Gasteiger charge is -2.24. The number of hydrogen-bond donors (Lipinski definition) is 0. The summed E-state index contributed by atoms with van der Waals surface area (Å²) in [5, 5.41) is 1.08. The van der Waals surface area contributed by atoms with Gasteiger partial charge in [0.1, 0.15) is 18.1 Å². The molecule has 0 bridgehead atoms. The van der Waals surface area contributed by atoms with Crippen molar-refractivity contribution < 1.29 is 23.8 Å². The third-order valence-corrected chi connectivity index (χ3v) is 5.48. The Balaban J connectivity index is 1.37. The molecule has 6 nitrogen and oxygen atoms in total. The maximum atomic E-state index is 12.9. The van der Waals surface area contributed by atoms with Gasteiger partial charge in [0.05, 0.1) is 36.4 Å². The summed E-state index contributed by atoms with van der Waals surface area (Å²) in [6.45, 7) is 0.681. The number of ether oxygens (including phenoxy) is 3. The fourth-order valence-corrected chi connectivity index (χ4v) is 3.73. The van der Waals surface area contributed by atoms with E-state index in [1.54, 1.807) is 12.1 Å². The molecule has 0 aliphatic carbocycles. The standard InChI is InChI=1S/C25H25NO5/c1-29-24(27)9-5-3-7-18-15-31-23-13-12-20(14-21(23)25(18)28)30-16-19-11-10-17-6-2-4-8-22(17)26-19/h2,4,6,8,10-14,18H,3,5,7,9,15-16H2,1H3. The summed E-state index contributed by atoms with van der Waals surface area (Å²) >= 11 is 0. The summed E-state index contributed by atoms with van der Waals surface area (Å²) in [4.78, 5) is 28.8. The van der Waals surface area contributed by atoms with Crippen molar-refractivity contribution in [2.24, 2.45) is 5.92 Å². The molecular weight excluding hydrogens is 394 g/mol. The molecule has 2 heterocycles. The van der Waals surface area contributed by atoms with Crippen molar-refractivity contribution in [2.75, 3.05) is 13.7 Å². The van der Waals surface area contributed by atoms with Crippen molar-refractivity contribution in [3.05, 3.63) is 65.9 Å². The van der Waals surface area contributed by atoms with E-state index < -0.39 is 0 Å². The summed E-state index contributed by atoms with van der Waals surface area (Å²) in [6.07, 6.45) is 2.52. The Labute approximate surface area is 181 Å². The van der Waals surface area contributed by atoms with Crippen LogP contribution in [-0.2, 0) is 16.1 Å². The number of nitrogens with zero attached hydrogens (tertiary/aromatic N) is 1. The SMILES string of the molecule is COC(=O)CCCCC1COc2ccc(OCc3ccc4ccccc4n3)cc2C1=O. The second-order valence-electron chi connectivity index (χ2n) is 7.64.